The molecular weight excluding hydrogens is 475 g/mol. The van der Waals surface area contributed by atoms with Gasteiger partial charge >= 0.3 is 0 Å². The van der Waals surface area contributed by atoms with E-state index in [-0.39, 0.29) is 24.0 Å². The molecule has 1 aromatic carbocycles. The number of guanidine groups is 1. The molecule has 0 aliphatic carbocycles. The smallest absolute Gasteiger partial charge is 0.194 e. The molecule has 2 aromatic rings. The van der Waals surface area contributed by atoms with E-state index in [0.717, 1.165) is 41.0 Å². The van der Waals surface area contributed by atoms with E-state index >= 15 is 0 Å². The number of hydrogen-bond acceptors (Lipinski definition) is 5. The SMILES string of the molecule is CCNC(=NCc1ncc(CC)s1)N(C)Cc1ccc(OC)cc1OC.I. The molecule has 8 heteroatoms. The predicted octanol–water partition coefficient (Wildman–Crippen LogP) is 3.94. The summed E-state index contributed by atoms with van der Waals surface area (Å²) in [5.74, 6) is 2.43. The van der Waals surface area contributed by atoms with Crippen LogP contribution in [0.4, 0.5) is 0 Å². The number of aliphatic imine (C=N–C) groups is 1. The van der Waals surface area contributed by atoms with Crippen LogP contribution in [0, 0.1) is 0 Å². The zero-order chi connectivity index (χ0) is 18.9. The Morgan fingerprint density at radius 2 is 2.04 bits per heavy atom. The lowest BCUT2D eigenvalue weighted by Crippen LogP contribution is -2.38. The van der Waals surface area contributed by atoms with Crippen LogP contribution in [0.5, 0.6) is 11.5 Å². The monoisotopic (exact) mass is 504 g/mol. The van der Waals surface area contributed by atoms with Crippen molar-refractivity contribution >= 4 is 41.3 Å². The van der Waals surface area contributed by atoms with E-state index in [4.69, 9.17) is 14.5 Å². The Hall–Kier alpha value is -1.55. The minimum absolute atomic E-state index is 0. The molecule has 0 aliphatic heterocycles. The number of benzene rings is 1. The van der Waals surface area contributed by atoms with Gasteiger partial charge in [0.15, 0.2) is 5.96 Å². The maximum Gasteiger partial charge on any atom is 0.194 e. The fourth-order valence-corrected chi connectivity index (χ4v) is 3.30. The van der Waals surface area contributed by atoms with Gasteiger partial charge in [-0.15, -0.1) is 35.3 Å². The highest BCUT2D eigenvalue weighted by Crippen LogP contribution is 2.25. The van der Waals surface area contributed by atoms with Crippen LogP contribution in [0.15, 0.2) is 29.4 Å². The Morgan fingerprint density at radius 3 is 2.63 bits per heavy atom. The number of ether oxygens (including phenoxy) is 2. The summed E-state index contributed by atoms with van der Waals surface area (Å²) in [5.41, 5.74) is 1.07. The number of halogens is 1. The predicted molar refractivity (Wildman–Crippen MR) is 123 cm³/mol. The second-order valence-corrected chi connectivity index (χ2v) is 6.98. The Balaban J connectivity index is 0.00000364. The summed E-state index contributed by atoms with van der Waals surface area (Å²) in [6.07, 6.45) is 2.95. The quantitative estimate of drug-likeness (QED) is 0.336. The van der Waals surface area contributed by atoms with Crippen LogP contribution in [0.2, 0.25) is 0 Å². The number of nitrogens with one attached hydrogen (secondary N) is 1. The minimum Gasteiger partial charge on any atom is -0.497 e. The van der Waals surface area contributed by atoms with Crippen molar-refractivity contribution in [1.29, 1.82) is 0 Å². The highest BCUT2D eigenvalue weighted by molar-refractivity contribution is 14.0. The van der Waals surface area contributed by atoms with Crippen molar-refractivity contribution in [3.8, 4) is 11.5 Å². The van der Waals surface area contributed by atoms with Gasteiger partial charge in [0.1, 0.15) is 16.5 Å². The topological polar surface area (TPSA) is 59.0 Å². The van der Waals surface area contributed by atoms with Crippen LogP contribution >= 0.6 is 35.3 Å². The lowest BCUT2D eigenvalue weighted by atomic mass is 10.2. The van der Waals surface area contributed by atoms with Gasteiger partial charge in [0, 0.05) is 42.8 Å². The second-order valence-electron chi connectivity index (χ2n) is 5.78. The average Bonchev–Trinajstić information content (AvgIpc) is 3.13. The third kappa shape index (κ3) is 6.84. The first-order valence-electron chi connectivity index (χ1n) is 8.75. The molecule has 0 fully saturated rings. The highest BCUT2D eigenvalue weighted by atomic mass is 127. The molecule has 6 nitrogen and oxygen atoms in total. The molecule has 150 valence electrons. The van der Waals surface area contributed by atoms with Crippen LogP contribution in [-0.2, 0) is 19.5 Å². The maximum atomic E-state index is 5.50. The van der Waals surface area contributed by atoms with Crippen LogP contribution in [0.3, 0.4) is 0 Å². The molecule has 0 radical (unpaired) electrons. The molecule has 1 heterocycles. The Bertz CT molecular complexity index is 736. The van der Waals surface area contributed by atoms with Gasteiger partial charge in [-0.05, 0) is 25.5 Å². The van der Waals surface area contributed by atoms with Gasteiger partial charge in [0.2, 0.25) is 0 Å². The second kappa shape index (κ2) is 12.0. The molecule has 2 rings (SSSR count). The van der Waals surface area contributed by atoms with Crippen molar-refractivity contribution in [2.75, 3.05) is 27.8 Å². The van der Waals surface area contributed by atoms with E-state index in [1.54, 1.807) is 25.6 Å². The number of nitrogens with zero attached hydrogens (tertiary/aromatic N) is 3. The van der Waals surface area contributed by atoms with Gasteiger partial charge in [-0.2, -0.15) is 0 Å². The van der Waals surface area contributed by atoms with E-state index in [1.165, 1.54) is 4.88 Å². The van der Waals surface area contributed by atoms with Crippen molar-refractivity contribution in [2.45, 2.75) is 33.4 Å². The fourth-order valence-electron chi connectivity index (χ4n) is 2.51. The van der Waals surface area contributed by atoms with Crippen molar-refractivity contribution < 1.29 is 9.47 Å². The molecular formula is C19H29IN4O2S. The van der Waals surface area contributed by atoms with Crippen LogP contribution in [0.25, 0.3) is 0 Å². The Labute approximate surface area is 183 Å². The first kappa shape index (κ1) is 23.5. The molecule has 0 aliphatic rings. The zero-order valence-electron chi connectivity index (χ0n) is 16.6. The molecule has 0 spiro atoms. The molecule has 1 N–H and O–H groups in total. The summed E-state index contributed by atoms with van der Waals surface area (Å²) in [6, 6.07) is 5.86. The first-order chi connectivity index (χ1) is 12.6. The standard InChI is InChI=1S/C19H28N4O2S.HI/c1-6-16-11-21-18(26-16)12-22-19(20-7-2)23(3)13-14-8-9-15(24-4)10-17(14)25-5;/h8-11H,6-7,12-13H2,1-5H3,(H,20,22);1H. The van der Waals surface area contributed by atoms with E-state index in [2.05, 4.69) is 29.0 Å². The summed E-state index contributed by atoms with van der Waals surface area (Å²) in [6.45, 7) is 6.27. The third-order valence-corrected chi connectivity index (χ3v) is 5.04. The van der Waals surface area contributed by atoms with Crippen molar-refractivity contribution in [1.82, 2.24) is 15.2 Å². The van der Waals surface area contributed by atoms with E-state index in [1.807, 2.05) is 31.4 Å². The molecule has 0 saturated carbocycles. The number of hydrogen-bond donors (Lipinski definition) is 1. The van der Waals surface area contributed by atoms with Crippen LogP contribution in [0.1, 0.15) is 29.3 Å². The highest BCUT2D eigenvalue weighted by Gasteiger charge is 2.11. The van der Waals surface area contributed by atoms with Crippen molar-refractivity contribution in [3.63, 3.8) is 0 Å². The van der Waals surface area contributed by atoms with E-state index in [9.17, 15) is 0 Å². The van der Waals surface area contributed by atoms with Gasteiger partial charge in [-0.25, -0.2) is 9.98 Å². The van der Waals surface area contributed by atoms with Gasteiger partial charge in [0.05, 0.1) is 20.8 Å². The van der Waals surface area contributed by atoms with Crippen molar-refractivity contribution in [3.05, 3.63) is 39.8 Å². The largest absolute Gasteiger partial charge is 0.497 e. The normalized spacial score (nSPS) is 10.9. The number of rotatable bonds is 8. The number of aromatic nitrogens is 1. The zero-order valence-corrected chi connectivity index (χ0v) is 19.8. The van der Waals surface area contributed by atoms with Gasteiger partial charge in [-0.3, -0.25) is 0 Å². The Morgan fingerprint density at radius 1 is 1.26 bits per heavy atom. The van der Waals surface area contributed by atoms with Gasteiger partial charge < -0.3 is 19.7 Å². The third-order valence-electron chi connectivity index (χ3n) is 3.91. The molecule has 0 bridgehead atoms. The lowest BCUT2D eigenvalue weighted by molar-refractivity contribution is 0.382. The molecule has 1 aromatic heterocycles. The van der Waals surface area contributed by atoms with Crippen molar-refractivity contribution in [2.24, 2.45) is 4.99 Å². The molecule has 0 unspecified atom stereocenters. The van der Waals surface area contributed by atoms with E-state index in [0.29, 0.717) is 13.1 Å². The lowest BCUT2D eigenvalue weighted by Gasteiger charge is -2.23. The molecule has 0 atom stereocenters. The summed E-state index contributed by atoms with van der Waals surface area (Å²) < 4.78 is 10.8. The Kier molecular flexibility index (Phi) is 10.5. The minimum atomic E-state index is 0. The molecule has 0 amide bonds. The number of thiazole rings is 1. The van der Waals surface area contributed by atoms with Crippen LogP contribution in [-0.4, -0.2) is 43.7 Å². The summed E-state index contributed by atoms with van der Waals surface area (Å²) in [4.78, 5) is 12.5. The van der Waals surface area contributed by atoms with Gasteiger partial charge in [-0.1, -0.05) is 6.92 Å². The number of methoxy groups -OCH3 is 2. The van der Waals surface area contributed by atoms with Crippen LogP contribution < -0.4 is 14.8 Å². The van der Waals surface area contributed by atoms with Gasteiger partial charge in [0.25, 0.3) is 0 Å². The summed E-state index contributed by atoms with van der Waals surface area (Å²) in [5, 5.41) is 4.38. The first-order valence-corrected chi connectivity index (χ1v) is 9.56. The average molecular weight is 504 g/mol. The fraction of sp³-hybridized carbons (Fsp3) is 0.474. The molecule has 0 saturated heterocycles. The summed E-state index contributed by atoms with van der Waals surface area (Å²) in [7, 11) is 5.34. The van der Waals surface area contributed by atoms with E-state index < -0.39 is 0 Å². The summed E-state index contributed by atoms with van der Waals surface area (Å²) >= 11 is 1.72. The molecule has 27 heavy (non-hydrogen) atoms. The maximum absolute atomic E-state index is 5.50. The number of aryl methyl sites for hydroxylation is 1.